The fraction of sp³-hybridized carbons (Fsp3) is 0.746. The number of amides is 4. The molecule has 0 saturated carbocycles. The van der Waals surface area contributed by atoms with Gasteiger partial charge in [0.25, 0.3) is 0 Å². The Morgan fingerprint density at radius 1 is 0.558 bits per heavy atom. The maximum Gasteiger partial charge on any atom is 0.408 e. The van der Waals surface area contributed by atoms with Gasteiger partial charge in [0, 0.05) is 43.1 Å². The predicted octanol–water partition coefficient (Wildman–Crippen LogP) is 11.1. The molecule has 5 N–H and O–H groups in total. The van der Waals surface area contributed by atoms with Crippen LogP contribution in [-0.2, 0) is 74.8 Å². The lowest BCUT2D eigenvalue weighted by molar-refractivity contribution is -0.161. The first kappa shape index (κ1) is 87.1. The van der Waals surface area contributed by atoms with E-state index in [0.717, 1.165) is 5.19 Å². The summed E-state index contributed by atoms with van der Waals surface area (Å²) in [6.45, 7) is 55.2. The topological polar surface area (TPSA) is 324 Å². The summed E-state index contributed by atoms with van der Waals surface area (Å²) < 4.78 is 61.1. The highest BCUT2D eigenvalue weighted by Crippen LogP contribution is 2.40. The number of aliphatic carboxylic acids is 1. The molecule has 1 aromatic carbocycles. The number of esters is 3. The number of hydrogen-bond donors (Lipinski definition) is 5. The maximum atomic E-state index is 12.8. The number of hydrogen-bond acceptors (Lipinski definition) is 20. The minimum Gasteiger partial charge on any atom is -0.481 e. The van der Waals surface area contributed by atoms with E-state index in [1.165, 1.54) is 0 Å². The lowest BCUT2D eigenvalue weighted by Gasteiger charge is -2.42. The van der Waals surface area contributed by atoms with Crippen LogP contribution >= 0.6 is 0 Å². The number of carbonyl (C=O) groups is 9. The summed E-state index contributed by atoms with van der Waals surface area (Å²) in [4.78, 5) is 105. The number of aldehydes is 1. The molecule has 0 aromatic heterocycles. The van der Waals surface area contributed by atoms with Crippen molar-refractivity contribution in [1.82, 2.24) is 21.3 Å². The van der Waals surface area contributed by atoms with Gasteiger partial charge in [-0.2, -0.15) is 0 Å². The summed E-state index contributed by atoms with van der Waals surface area (Å²) in [5, 5.41) is 20.2. The zero-order valence-electron chi connectivity index (χ0n) is 61.8. The number of carboxylic acid groups (broad SMARTS) is 1. The number of ether oxygens (including phenoxy) is 7. The summed E-state index contributed by atoms with van der Waals surface area (Å²) in [5.74, 6) is -4.73. The molecule has 0 spiro atoms. The summed E-state index contributed by atoms with van der Waals surface area (Å²) in [6.07, 6.45) is 1.08. The molecule has 4 rings (SSSR count). The first-order valence-corrected chi connectivity index (χ1v) is 40.0. The van der Waals surface area contributed by atoms with Gasteiger partial charge in [-0.3, -0.25) is 4.79 Å². The molecule has 0 bridgehead atoms. The van der Waals surface area contributed by atoms with E-state index in [2.05, 4.69) is 128 Å². The molecule has 28 heteroatoms. The fourth-order valence-corrected chi connectivity index (χ4v) is 14.4. The Bertz CT molecular complexity index is 2680. The zero-order chi connectivity index (χ0) is 73.7. The highest BCUT2D eigenvalue weighted by molar-refractivity contribution is 6.83. The lowest BCUT2D eigenvalue weighted by atomic mass is 9.94. The van der Waals surface area contributed by atoms with Gasteiger partial charge in [0.1, 0.15) is 46.8 Å². The Labute approximate surface area is 568 Å². The van der Waals surface area contributed by atoms with Crippen LogP contribution in [0.25, 0.3) is 0 Å². The van der Waals surface area contributed by atoms with Crippen molar-refractivity contribution in [3.63, 3.8) is 0 Å². The van der Waals surface area contributed by atoms with Gasteiger partial charge < -0.3 is 82.0 Å². The molecule has 3 aliphatic heterocycles. The molecule has 95 heavy (non-hydrogen) atoms. The lowest BCUT2D eigenvalue weighted by Crippen LogP contribution is -2.61. The summed E-state index contributed by atoms with van der Waals surface area (Å²) in [7, 11) is -5.12. The van der Waals surface area contributed by atoms with Crippen LogP contribution in [0.3, 0.4) is 0 Å². The number of benzene rings is 1. The van der Waals surface area contributed by atoms with E-state index in [0.29, 0.717) is 38.9 Å². The number of alkyl carbamates (subject to hydrolysis) is 4. The molecule has 3 fully saturated rings. The van der Waals surface area contributed by atoms with Crippen molar-refractivity contribution in [2.45, 2.75) is 253 Å². The Hall–Kier alpha value is -5.92. The number of nitrogens with one attached hydrogen (secondary N) is 4. The molecule has 0 radical (unpaired) electrons. The van der Waals surface area contributed by atoms with E-state index in [1.807, 2.05) is 45.0 Å². The third-order valence-corrected chi connectivity index (χ3v) is 29.2. The van der Waals surface area contributed by atoms with Gasteiger partial charge in [-0.15, -0.1) is 6.58 Å². The van der Waals surface area contributed by atoms with Crippen LogP contribution < -0.4 is 26.5 Å². The van der Waals surface area contributed by atoms with Crippen LogP contribution in [0.1, 0.15) is 165 Å². The van der Waals surface area contributed by atoms with Crippen molar-refractivity contribution in [3.05, 3.63) is 43.0 Å². The second kappa shape index (κ2) is 36.1. The van der Waals surface area contributed by atoms with Crippen molar-refractivity contribution >= 4 is 84.9 Å². The van der Waals surface area contributed by atoms with Gasteiger partial charge in [-0.25, -0.2) is 33.6 Å². The number of carboxylic acids is 1. The first-order valence-electron chi connectivity index (χ1n) is 32.4. The normalized spacial score (nSPS) is 21.0. The summed E-state index contributed by atoms with van der Waals surface area (Å²) in [5.41, 5.74) is -2.60. The number of rotatable bonds is 19. The van der Waals surface area contributed by atoms with Crippen LogP contribution in [0.5, 0.6) is 0 Å². The minimum absolute atomic E-state index is 0.0439. The van der Waals surface area contributed by atoms with E-state index < -0.39 is 132 Å². The average Bonchev–Trinajstić information content (AvgIpc) is 0.776. The summed E-state index contributed by atoms with van der Waals surface area (Å²) >= 11 is 0. The molecular weight excluding hydrogens is 1280 g/mol. The van der Waals surface area contributed by atoms with E-state index in [4.69, 9.17) is 56.0 Å². The van der Waals surface area contributed by atoms with Crippen LogP contribution in [0, 0.1) is 23.7 Å². The standard InChI is InChI=1S/C28H51NO5Si2.C17H33NO5Si.C11H17NO6.C11H17NO5/c1-14-22(20-32-35(12,13)27(5,6)7)24(29-25(30)34-26(2,3)4)21-33-36(31-11,28(8,9)10)23-18-16-15-17-19-23;1-16(2,3)23-15(20)18-13-12(9-10-21-14(13)19)11-22-24(7,8)17(4,5)6;1-11(2,3)18-10(16)12-7-6(8(13)14)4-5-17-9(7)15;1-11(2,3)17-10(15)12-8-7(6-13)4-5-16-9(8)14/h14-19,22,24H,1,20-21H2,2-13H3,(H,29,30);12-13H,9-11H2,1-8H3,(H,18,20);6-7H,4-5H2,1-3H3,(H,12,16)(H,13,14);6-8H,4-5H2,1-3H3,(H,12,15)/t22-,24+,36?;12-,13-;6-,7+;7-,8-/m0010/s1. The summed E-state index contributed by atoms with van der Waals surface area (Å²) in [6, 6.07) is 6.82. The minimum atomic E-state index is -2.91. The molecule has 0 aliphatic carbocycles. The second-order valence-electron chi connectivity index (χ2n) is 31.8. The first-order chi connectivity index (χ1) is 43.1. The quantitative estimate of drug-likeness (QED) is 0.0282. The third kappa shape index (κ3) is 30.6. The highest BCUT2D eigenvalue weighted by Gasteiger charge is 2.52. The van der Waals surface area contributed by atoms with Gasteiger partial charge >= 0.3 is 56.8 Å². The largest absolute Gasteiger partial charge is 0.481 e. The van der Waals surface area contributed by atoms with Crippen molar-refractivity contribution in [2.75, 3.05) is 46.8 Å². The van der Waals surface area contributed by atoms with Crippen molar-refractivity contribution in [3.8, 4) is 0 Å². The fourth-order valence-electron chi connectivity index (χ4n) is 8.81. The Kier molecular flexibility index (Phi) is 33.1. The molecule has 9 atom stereocenters. The molecule has 4 amide bonds. The molecule has 3 heterocycles. The molecule has 25 nitrogen and oxygen atoms in total. The molecule has 1 unspecified atom stereocenters. The van der Waals surface area contributed by atoms with Gasteiger partial charge in [0.2, 0.25) is 0 Å². The van der Waals surface area contributed by atoms with Gasteiger partial charge in [-0.05, 0) is 144 Å². The van der Waals surface area contributed by atoms with Crippen LogP contribution in [0.2, 0.25) is 41.3 Å². The van der Waals surface area contributed by atoms with E-state index in [1.54, 1.807) is 69.4 Å². The van der Waals surface area contributed by atoms with E-state index >= 15 is 0 Å². The van der Waals surface area contributed by atoms with Gasteiger partial charge in [0.05, 0.1) is 38.4 Å². The van der Waals surface area contributed by atoms with Crippen LogP contribution in [0.15, 0.2) is 43.0 Å². The second-order valence-corrected chi connectivity index (χ2v) is 45.4. The smallest absolute Gasteiger partial charge is 0.408 e. The predicted molar refractivity (Wildman–Crippen MR) is 368 cm³/mol. The monoisotopic (exact) mass is 1400 g/mol. The number of carbonyl (C=O) groups excluding carboxylic acids is 8. The van der Waals surface area contributed by atoms with Gasteiger partial charge in [0.15, 0.2) is 16.6 Å². The SMILES string of the molecule is C=C[C@@H](CO[Si](C)(C)C(C)(C)C)[C@@H](CO[Si](OC)(c1ccccc1)C(C)(C)C)NC(=O)OC(C)(C)C.CC(C)(C)OC(=O)N[C@@H]1C(=O)OCC[C@H]1C(=O)O.CC(C)(C)OC(=O)N[C@@H]1C(=O)OCC[C@H]1C=O.CC(C)(C)OC(=O)N[C@@H]1C(=O)OCC[C@H]1CO[Si](C)(C)C(C)(C)C. The zero-order valence-corrected chi connectivity index (χ0v) is 64.8. The molecular formula is C67H118N4O21Si3. The van der Waals surface area contributed by atoms with Crippen LogP contribution in [-0.4, -0.2) is 178 Å². The van der Waals surface area contributed by atoms with Crippen molar-refractivity contribution < 1.29 is 99.1 Å². The average molecular weight is 1400 g/mol. The Morgan fingerprint density at radius 3 is 1.37 bits per heavy atom. The van der Waals surface area contributed by atoms with E-state index in [-0.39, 0.29) is 53.2 Å². The Morgan fingerprint density at radius 2 is 0.958 bits per heavy atom. The Balaban J connectivity index is 0.000000665. The van der Waals surface area contributed by atoms with Gasteiger partial charge in [-0.1, -0.05) is 98.7 Å². The maximum absolute atomic E-state index is 12.8. The molecule has 3 aliphatic rings. The molecule has 544 valence electrons. The van der Waals surface area contributed by atoms with Crippen molar-refractivity contribution in [1.29, 1.82) is 0 Å². The van der Waals surface area contributed by atoms with Crippen molar-refractivity contribution in [2.24, 2.45) is 23.7 Å². The van der Waals surface area contributed by atoms with E-state index in [9.17, 15) is 43.2 Å². The molecule has 3 saturated heterocycles. The molecule has 1 aromatic rings. The highest BCUT2D eigenvalue weighted by atomic mass is 28.4. The third-order valence-electron chi connectivity index (χ3n) is 16.0. The number of cyclic esters (lactones) is 3. The van der Waals surface area contributed by atoms with Crippen LogP contribution in [0.4, 0.5) is 19.2 Å².